The van der Waals surface area contributed by atoms with Crippen LogP contribution in [0.5, 0.6) is 17.2 Å². The molecule has 19 heavy (non-hydrogen) atoms. The second-order valence-corrected chi connectivity index (χ2v) is 4.98. The van der Waals surface area contributed by atoms with Crippen LogP contribution in [0.2, 0.25) is 0 Å². The maximum Gasteiger partial charge on any atom is 0.129 e. The van der Waals surface area contributed by atoms with Crippen molar-refractivity contribution in [3.05, 3.63) is 48.5 Å². The fourth-order valence-corrected chi connectivity index (χ4v) is 2.34. The van der Waals surface area contributed by atoms with Crippen LogP contribution in [-0.4, -0.2) is 24.6 Å². The highest BCUT2D eigenvalue weighted by Crippen LogP contribution is 2.27. The van der Waals surface area contributed by atoms with Crippen LogP contribution >= 0.6 is 11.8 Å². The van der Waals surface area contributed by atoms with Crippen molar-refractivity contribution in [3.63, 3.8) is 0 Å². The maximum absolute atomic E-state index is 9.61. The van der Waals surface area contributed by atoms with Gasteiger partial charge in [-0.25, -0.2) is 0 Å². The Labute approximate surface area is 117 Å². The Morgan fingerprint density at radius 1 is 1.00 bits per heavy atom. The molecule has 0 heterocycles. The molecule has 0 atom stereocenters. The highest BCUT2D eigenvalue weighted by atomic mass is 32.2. The van der Waals surface area contributed by atoms with E-state index in [0.717, 1.165) is 22.1 Å². The van der Waals surface area contributed by atoms with Crippen molar-refractivity contribution in [2.45, 2.75) is 4.90 Å². The molecule has 0 fully saturated rings. The summed E-state index contributed by atoms with van der Waals surface area (Å²) in [6.45, 7) is 0.589. The Balaban J connectivity index is 1.76. The van der Waals surface area contributed by atoms with Crippen molar-refractivity contribution in [1.82, 2.24) is 0 Å². The van der Waals surface area contributed by atoms with Crippen LogP contribution in [-0.2, 0) is 0 Å². The molecular weight excluding hydrogens is 260 g/mol. The van der Waals surface area contributed by atoms with Crippen molar-refractivity contribution in [2.24, 2.45) is 0 Å². The van der Waals surface area contributed by atoms with Gasteiger partial charge in [-0.3, -0.25) is 0 Å². The molecule has 0 saturated heterocycles. The van der Waals surface area contributed by atoms with Crippen LogP contribution < -0.4 is 9.47 Å². The molecule has 0 aliphatic rings. The lowest BCUT2D eigenvalue weighted by molar-refractivity contribution is 0.342. The number of phenols is 1. The number of hydrogen-bond acceptors (Lipinski definition) is 4. The highest BCUT2D eigenvalue weighted by molar-refractivity contribution is 7.99. The number of para-hydroxylation sites is 1. The van der Waals surface area contributed by atoms with E-state index >= 15 is 0 Å². The first-order valence-corrected chi connectivity index (χ1v) is 6.96. The number of rotatable bonds is 6. The third kappa shape index (κ3) is 4.10. The summed E-state index contributed by atoms with van der Waals surface area (Å²) in [7, 11) is 1.64. The first kappa shape index (κ1) is 13.6. The third-order valence-electron chi connectivity index (χ3n) is 2.53. The predicted octanol–water partition coefficient (Wildman–Crippen LogP) is 3.57. The summed E-state index contributed by atoms with van der Waals surface area (Å²) in [5.41, 5.74) is 0. The summed E-state index contributed by atoms with van der Waals surface area (Å²) in [4.78, 5) is 0.876. The topological polar surface area (TPSA) is 38.7 Å². The second kappa shape index (κ2) is 6.95. The van der Waals surface area contributed by atoms with Gasteiger partial charge in [-0.2, -0.15) is 0 Å². The smallest absolute Gasteiger partial charge is 0.129 e. The minimum absolute atomic E-state index is 0.317. The lowest BCUT2D eigenvalue weighted by Crippen LogP contribution is -1.99. The molecule has 0 bridgehead atoms. The zero-order valence-electron chi connectivity index (χ0n) is 10.7. The molecule has 4 heteroatoms. The molecule has 0 unspecified atom stereocenters. The Morgan fingerprint density at radius 2 is 1.68 bits per heavy atom. The fourth-order valence-electron chi connectivity index (χ4n) is 1.56. The second-order valence-electron chi connectivity index (χ2n) is 3.84. The number of methoxy groups -OCH3 is 1. The van der Waals surface area contributed by atoms with E-state index in [4.69, 9.17) is 9.47 Å². The van der Waals surface area contributed by atoms with Gasteiger partial charge in [0.1, 0.15) is 17.2 Å². The van der Waals surface area contributed by atoms with E-state index in [9.17, 15) is 5.11 Å². The molecule has 0 saturated carbocycles. The van der Waals surface area contributed by atoms with Gasteiger partial charge in [-0.15, -0.1) is 11.8 Å². The lowest BCUT2D eigenvalue weighted by Gasteiger charge is -2.07. The first-order valence-electron chi connectivity index (χ1n) is 5.97. The SMILES string of the molecule is COc1ccc(OCCSc2ccccc2O)cc1. The average Bonchev–Trinajstić information content (AvgIpc) is 2.46. The Morgan fingerprint density at radius 3 is 2.37 bits per heavy atom. The third-order valence-corrected chi connectivity index (χ3v) is 3.56. The van der Waals surface area contributed by atoms with Crippen molar-refractivity contribution in [1.29, 1.82) is 0 Å². The largest absolute Gasteiger partial charge is 0.507 e. The minimum Gasteiger partial charge on any atom is -0.507 e. The predicted molar refractivity (Wildman–Crippen MR) is 77.3 cm³/mol. The lowest BCUT2D eigenvalue weighted by atomic mass is 10.3. The number of aromatic hydroxyl groups is 1. The van der Waals surface area contributed by atoms with Gasteiger partial charge in [0, 0.05) is 10.6 Å². The van der Waals surface area contributed by atoms with Crippen LogP contribution in [0.3, 0.4) is 0 Å². The molecule has 1 N–H and O–H groups in total. The van der Waals surface area contributed by atoms with E-state index in [0.29, 0.717) is 12.4 Å². The van der Waals surface area contributed by atoms with E-state index in [-0.39, 0.29) is 0 Å². The van der Waals surface area contributed by atoms with E-state index < -0.39 is 0 Å². The normalized spacial score (nSPS) is 10.2. The zero-order valence-corrected chi connectivity index (χ0v) is 11.5. The Kier molecular flexibility index (Phi) is 4.98. The molecule has 0 amide bonds. The van der Waals surface area contributed by atoms with E-state index in [1.165, 1.54) is 0 Å². The van der Waals surface area contributed by atoms with E-state index in [1.54, 1.807) is 24.9 Å². The highest BCUT2D eigenvalue weighted by Gasteiger charge is 2.00. The van der Waals surface area contributed by atoms with E-state index in [1.807, 2.05) is 42.5 Å². The number of benzene rings is 2. The van der Waals surface area contributed by atoms with Crippen molar-refractivity contribution >= 4 is 11.8 Å². The van der Waals surface area contributed by atoms with Gasteiger partial charge in [0.2, 0.25) is 0 Å². The average molecular weight is 276 g/mol. The summed E-state index contributed by atoms with van der Waals surface area (Å²) < 4.78 is 10.7. The van der Waals surface area contributed by atoms with Gasteiger partial charge in [0.25, 0.3) is 0 Å². The quantitative estimate of drug-likeness (QED) is 0.646. The summed E-state index contributed by atoms with van der Waals surface area (Å²) in [6.07, 6.45) is 0. The molecule has 0 radical (unpaired) electrons. The van der Waals surface area contributed by atoms with Crippen molar-refractivity contribution in [2.75, 3.05) is 19.5 Å². The molecule has 0 spiro atoms. The van der Waals surface area contributed by atoms with Gasteiger partial charge in [-0.05, 0) is 36.4 Å². The van der Waals surface area contributed by atoms with E-state index in [2.05, 4.69) is 0 Å². The molecule has 0 aliphatic carbocycles. The Hall–Kier alpha value is -1.81. The number of hydrogen-bond donors (Lipinski definition) is 1. The van der Waals surface area contributed by atoms with Crippen LogP contribution in [0.25, 0.3) is 0 Å². The molecule has 2 rings (SSSR count). The summed E-state index contributed by atoms with van der Waals surface area (Å²) in [5, 5.41) is 9.61. The van der Waals surface area contributed by atoms with Crippen LogP contribution in [0.4, 0.5) is 0 Å². The fraction of sp³-hybridized carbons (Fsp3) is 0.200. The van der Waals surface area contributed by atoms with Crippen LogP contribution in [0.1, 0.15) is 0 Å². The van der Waals surface area contributed by atoms with Crippen molar-refractivity contribution < 1.29 is 14.6 Å². The van der Waals surface area contributed by atoms with Gasteiger partial charge in [0.15, 0.2) is 0 Å². The number of ether oxygens (including phenoxy) is 2. The summed E-state index contributed by atoms with van der Waals surface area (Å²) in [5.74, 6) is 2.73. The van der Waals surface area contributed by atoms with Gasteiger partial charge < -0.3 is 14.6 Å². The molecule has 0 aliphatic heterocycles. The summed E-state index contributed by atoms with van der Waals surface area (Å²) in [6, 6.07) is 14.8. The molecular formula is C15H16O3S. The molecule has 2 aromatic rings. The first-order chi connectivity index (χ1) is 9.29. The summed E-state index contributed by atoms with van der Waals surface area (Å²) >= 11 is 1.57. The van der Waals surface area contributed by atoms with Gasteiger partial charge >= 0.3 is 0 Å². The number of phenolic OH excluding ortho intramolecular Hbond substituents is 1. The van der Waals surface area contributed by atoms with Crippen LogP contribution in [0, 0.1) is 0 Å². The molecule has 0 aromatic heterocycles. The maximum atomic E-state index is 9.61. The Bertz CT molecular complexity index is 511. The minimum atomic E-state index is 0.317. The van der Waals surface area contributed by atoms with Crippen LogP contribution in [0.15, 0.2) is 53.4 Å². The zero-order chi connectivity index (χ0) is 13.5. The standard InChI is InChI=1S/C15H16O3S/c1-17-12-6-8-13(9-7-12)18-10-11-19-15-5-3-2-4-14(15)16/h2-9,16H,10-11H2,1H3. The molecule has 100 valence electrons. The van der Waals surface area contributed by atoms with Gasteiger partial charge in [0.05, 0.1) is 13.7 Å². The van der Waals surface area contributed by atoms with Gasteiger partial charge in [-0.1, -0.05) is 12.1 Å². The van der Waals surface area contributed by atoms with Crippen molar-refractivity contribution in [3.8, 4) is 17.2 Å². The molecule has 2 aromatic carbocycles. The number of thioether (sulfide) groups is 1. The monoisotopic (exact) mass is 276 g/mol. The molecule has 3 nitrogen and oxygen atoms in total.